The number of tetrazole rings is 1. The molecule has 6 nitrogen and oxygen atoms in total. The van der Waals surface area contributed by atoms with Crippen LogP contribution in [0.4, 0.5) is 0 Å². The van der Waals surface area contributed by atoms with Crippen molar-refractivity contribution in [3.63, 3.8) is 0 Å². The predicted octanol–water partition coefficient (Wildman–Crippen LogP) is 2.66. The fraction of sp³-hybridized carbons (Fsp3) is 0.467. The van der Waals surface area contributed by atoms with E-state index in [1.807, 2.05) is 31.2 Å². The number of hydrogen-bond acceptors (Lipinski definition) is 6. The Balaban J connectivity index is 1.87. The Bertz CT molecular complexity index is 658. The van der Waals surface area contributed by atoms with E-state index < -0.39 is 0 Å². The molecule has 0 amide bonds. The standard InChI is InChI=1S/C15H18N4O2S/c1-2-21-13-9-5-3-7-11(13)19-15(16-17-18-19)22-14-10-6-4-8-12(14)20/h3,5,7,9,14H,2,4,6,8,10H2,1H3/t14-/m0/s1. The second-order valence-corrected chi connectivity index (χ2v) is 6.26. The highest BCUT2D eigenvalue weighted by molar-refractivity contribution is 8.00. The third-order valence-corrected chi connectivity index (χ3v) is 4.83. The second kappa shape index (κ2) is 6.91. The minimum Gasteiger partial charge on any atom is -0.492 e. The van der Waals surface area contributed by atoms with Gasteiger partial charge in [-0.15, -0.1) is 5.10 Å². The maximum absolute atomic E-state index is 12.0. The molecule has 3 rings (SSSR count). The van der Waals surface area contributed by atoms with Crippen LogP contribution in [0.5, 0.6) is 5.75 Å². The first-order chi connectivity index (χ1) is 10.8. The maximum Gasteiger partial charge on any atom is 0.214 e. The van der Waals surface area contributed by atoms with E-state index in [4.69, 9.17) is 4.74 Å². The van der Waals surface area contributed by atoms with Crippen molar-refractivity contribution in [3.8, 4) is 11.4 Å². The van der Waals surface area contributed by atoms with Crippen molar-refractivity contribution in [2.45, 2.75) is 43.0 Å². The van der Waals surface area contributed by atoms with Crippen molar-refractivity contribution in [1.82, 2.24) is 20.2 Å². The molecule has 1 atom stereocenters. The van der Waals surface area contributed by atoms with E-state index in [0.717, 1.165) is 30.7 Å². The van der Waals surface area contributed by atoms with Gasteiger partial charge in [-0.3, -0.25) is 4.79 Å². The molecule has 0 radical (unpaired) electrons. The lowest BCUT2D eigenvalue weighted by Crippen LogP contribution is -2.21. The molecule has 0 aliphatic heterocycles. The number of ketones is 1. The molecule has 1 fully saturated rings. The van der Waals surface area contributed by atoms with Gasteiger partial charge in [0.05, 0.1) is 11.9 Å². The van der Waals surface area contributed by atoms with Gasteiger partial charge in [-0.1, -0.05) is 30.3 Å². The molecule has 1 aliphatic rings. The zero-order valence-electron chi connectivity index (χ0n) is 12.4. The van der Waals surface area contributed by atoms with Gasteiger partial charge < -0.3 is 4.74 Å². The highest BCUT2D eigenvalue weighted by Crippen LogP contribution is 2.32. The van der Waals surface area contributed by atoms with E-state index in [0.29, 0.717) is 24.0 Å². The Morgan fingerprint density at radius 3 is 3.05 bits per heavy atom. The highest BCUT2D eigenvalue weighted by Gasteiger charge is 2.26. The molecule has 0 spiro atoms. The van der Waals surface area contributed by atoms with Gasteiger partial charge in [-0.2, -0.15) is 4.68 Å². The topological polar surface area (TPSA) is 69.9 Å². The number of nitrogens with zero attached hydrogens (tertiary/aromatic N) is 4. The molecule has 1 aromatic carbocycles. The van der Waals surface area contributed by atoms with E-state index in [9.17, 15) is 4.79 Å². The quantitative estimate of drug-likeness (QED) is 0.844. The van der Waals surface area contributed by atoms with Gasteiger partial charge in [0.25, 0.3) is 0 Å². The van der Waals surface area contributed by atoms with Gasteiger partial charge in [0.2, 0.25) is 5.16 Å². The lowest BCUT2D eigenvalue weighted by Gasteiger charge is -2.19. The number of hydrogen-bond donors (Lipinski definition) is 0. The lowest BCUT2D eigenvalue weighted by atomic mass is 9.99. The van der Waals surface area contributed by atoms with E-state index in [1.165, 1.54) is 11.8 Å². The predicted molar refractivity (Wildman–Crippen MR) is 83.4 cm³/mol. The van der Waals surface area contributed by atoms with Crippen LogP contribution in [0.1, 0.15) is 32.6 Å². The summed E-state index contributed by atoms with van der Waals surface area (Å²) in [4.78, 5) is 12.0. The number of rotatable bonds is 5. The van der Waals surface area contributed by atoms with Crippen LogP contribution in [-0.4, -0.2) is 37.8 Å². The summed E-state index contributed by atoms with van der Waals surface area (Å²) < 4.78 is 7.28. The number of aromatic nitrogens is 4. The zero-order valence-corrected chi connectivity index (χ0v) is 13.3. The summed E-state index contributed by atoms with van der Waals surface area (Å²) in [5, 5.41) is 12.5. The lowest BCUT2D eigenvalue weighted by molar-refractivity contribution is -0.119. The molecule has 1 heterocycles. The first-order valence-electron chi connectivity index (χ1n) is 7.49. The third kappa shape index (κ3) is 3.14. The van der Waals surface area contributed by atoms with E-state index in [2.05, 4.69) is 15.5 Å². The number of carbonyl (C=O) groups excluding carboxylic acids is 1. The van der Waals surface area contributed by atoms with Gasteiger partial charge >= 0.3 is 0 Å². The molecule has 1 aromatic heterocycles. The summed E-state index contributed by atoms with van der Waals surface area (Å²) in [5.74, 6) is 1.03. The van der Waals surface area contributed by atoms with Crippen molar-refractivity contribution in [2.75, 3.05) is 6.61 Å². The second-order valence-electron chi connectivity index (χ2n) is 5.09. The Morgan fingerprint density at radius 1 is 1.36 bits per heavy atom. The fourth-order valence-electron chi connectivity index (χ4n) is 2.52. The molecule has 1 saturated carbocycles. The zero-order chi connectivity index (χ0) is 15.4. The van der Waals surface area contributed by atoms with Crippen molar-refractivity contribution >= 4 is 17.5 Å². The molecule has 1 aliphatic carbocycles. The fourth-order valence-corrected chi connectivity index (χ4v) is 3.62. The summed E-state index contributed by atoms with van der Waals surface area (Å²) in [7, 11) is 0. The number of ether oxygens (including phenoxy) is 1. The van der Waals surface area contributed by atoms with Gasteiger partial charge in [-0.05, 0) is 42.3 Å². The van der Waals surface area contributed by atoms with Crippen LogP contribution < -0.4 is 4.74 Å². The Kier molecular flexibility index (Phi) is 4.72. The summed E-state index contributed by atoms with van der Waals surface area (Å²) in [6, 6.07) is 7.63. The van der Waals surface area contributed by atoms with Gasteiger partial charge in [0.15, 0.2) is 0 Å². The Morgan fingerprint density at radius 2 is 2.23 bits per heavy atom. The monoisotopic (exact) mass is 318 g/mol. The van der Waals surface area contributed by atoms with Crippen LogP contribution in [0.2, 0.25) is 0 Å². The molecule has 0 bridgehead atoms. The van der Waals surface area contributed by atoms with Crippen molar-refractivity contribution in [1.29, 1.82) is 0 Å². The summed E-state index contributed by atoms with van der Waals surface area (Å²) in [5.41, 5.74) is 0.792. The number of carbonyl (C=O) groups is 1. The average molecular weight is 318 g/mol. The molecule has 0 unspecified atom stereocenters. The van der Waals surface area contributed by atoms with Gasteiger partial charge in [-0.25, -0.2) is 0 Å². The molecule has 7 heteroatoms. The summed E-state index contributed by atoms with van der Waals surface area (Å²) in [6.45, 7) is 2.51. The van der Waals surface area contributed by atoms with Crippen molar-refractivity contribution < 1.29 is 9.53 Å². The van der Waals surface area contributed by atoms with Gasteiger partial charge in [0, 0.05) is 6.42 Å². The molecule has 0 saturated heterocycles. The van der Waals surface area contributed by atoms with Crippen LogP contribution in [-0.2, 0) is 4.79 Å². The van der Waals surface area contributed by atoms with Crippen LogP contribution in [0.15, 0.2) is 29.4 Å². The van der Waals surface area contributed by atoms with Crippen LogP contribution in [0.3, 0.4) is 0 Å². The molecular weight excluding hydrogens is 300 g/mol. The maximum atomic E-state index is 12.0. The number of Topliss-reactive ketones (excluding diaryl/α,β-unsaturated/α-hetero) is 1. The largest absolute Gasteiger partial charge is 0.492 e. The minimum atomic E-state index is -0.0437. The molecular formula is C15H18N4O2S. The van der Waals surface area contributed by atoms with Crippen LogP contribution >= 0.6 is 11.8 Å². The van der Waals surface area contributed by atoms with E-state index in [-0.39, 0.29) is 5.25 Å². The van der Waals surface area contributed by atoms with Crippen molar-refractivity contribution in [2.24, 2.45) is 0 Å². The SMILES string of the molecule is CCOc1ccccc1-n1nnnc1S[C@H]1CCCCC1=O. The minimum absolute atomic E-state index is 0.0437. The van der Waals surface area contributed by atoms with E-state index in [1.54, 1.807) is 4.68 Å². The summed E-state index contributed by atoms with van der Waals surface area (Å²) >= 11 is 1.45. The van der Waals surface area contributed by atoms with Crippen molar-refractivity contribution in [3.05, 3.63) is 24.3 Å². The van der Waals surface area contributed by atoms with E-state index >= 15 is 0 Å². The molecule has 116 valence electrons. The number of thioether (sulfide) groups is 1. The molecule has 2 aromatic rings. The number of benzene rings is 1. The normalized spacial score (nSPS) is 18.4. The molecule has 22 heavy (non-hydrogen) atoms. The molecule has 0 N–H and O–H groups in total. The van der Waals surface area contributed by atoms with Gasteiger partial charge in [0.1, 0.15) is 17.2 Å². The average Bonchev–Trinajstić information content (AvgIpc) is 2.98. The van der Waals surface area contributed by atoms with Crippen LogP contribution in [0, 0.1) is 0 Å². The third-order valence-electron chi connectivity index (χ3n) is 3.58. The first-order valence-corrected chi connectivity index (χ1v) is 8.37. The Labute approximate surface area is 133 Å². The number of para-hydroxylation sites is 2. The smallest absolute Gasteiger partial charge is 0.214 e. The highest BCUT2D eigenvalue weighted by atomic mass is 32.2. The van der Waals surface area contributed by atoms with Crippen LogP contribution in [0.25, 0.3) is 5.69 Å². The summed E-state index contributed by atoms with van der Waals surface area (Å²) in [6.07, 6.45) is 3.63. The Hall–Kier alpha value is -1.89. The first kappa shape index (κ1) is 15.0.